The first-order chi connectivity index (χ1) is 12.3. The number of amides is 1. The third-order valence-electron chi connectivity index (χ3n) is 3.48. The number of carbonyl (C=O) groups excluding carboxylic acids is 2. The van der Waals surface area contributed by atoms with Crippen LogP contribution in [0.2, 0.25) is 10.0 Å². The first kappa shape index (κ1) is 20.1. The summed E-state index contributed by atoms with van der Waals surface area (Å²) in [6, 6.07) is 10.5. The fraction of sp³-hybridized carbons (Fsp3) is 0.263. The Hall–Kier alpha value is -2.24. The highest BCUT2D eigenvalue weighted by Crippen LogP contribution is 2.25. The van der Waals surface area contributed by atoms with Gasteiger partial charge in [0.1, 0.15) is 5.75 Å². The Bertz CT molecular complexity index is 808. The minimum Gasteiger partial charge on any atom is -0.493 e. The summed E-state index contributed by atoms with van der Waals surface area (Å²) in [5, 5.41) is 3.32. The number of hydrogen-bond donors (Lipinski definition) is 1. The van der Waals surface area contributed by atoms with Crippen LogP contribution in [0, 0.1) is 13.8 Å². The molecule has 2 aromatic carbocycles. The van der Waals surface area contributed by atoms with Gasteiger partial charge in [-0.1, -0.05) is 35.3 Å². The van der Waals surface area contributed by atoms with Gasteiger partial charge in [0.05, 0.1) is 23.7 Å². The van der Waals surface area contributed by atoms with Gasteiger partial charge in [-0.25, -0.2) is 0 Å². The number of hydrogen-bond acceptors (Lipinski definition) is 4. The fourth-order valence-corrected chi connectivity index (χ4v) is 2.56. The lowest BCUT2D eigenvalue weighted by molar-refractivity contribution is -0.147. The van der Waals surface area contributed by atoms with Crippen molar-refractivity contribution in [2.24, 2.45) is 0 Å². The van der Waals surface area contributed by atoms with E-state index in [1.165, 1.54) is 6.07 Å². The highest BCUT2D eigenvalue weighted by atomic mass is 35.5. The fourth-order valence-electron chi connectivity index (χ4n) is 2.10. The molecule has 1 N–H and O–H groups in total. The molecule has 0 atom stereocenters. The van der Waals surface area contributed by atoms with Gasteiger partial charge in [-0.05, 0) is 49.2 Å². The predicted molar refractivity (Wildman–Crippen MR) is 102 cm³/mol. The van der Waals surface area contributed by atoms with Crippen molar-refractivity contribution in [2.75, 3.05) is 18.5 Å². The van der Waals surface area contributed by atoms with E-state index in [0.717, 1.165) is 16.9 Å². The van der Waals surface area contributed by atoms with Crippen LogP contribution in [0.4, 0.5) is 5.69 Å². The zero-order chi connectivity index (χ0) is 19.1. The number of carbonyl (C=O) groups is 2. The molecule has 0 aliphatic rings. The molecule has 0 aliphatic carbocycles. The summed E-state index contributed by atoms with van der Waals surface area (Å²) >= 11 is 11.8. The molecule has 2 aromatic rings. The lowest BCUT2D eigenvalue weighted by atomic mass is 10.1. The van der Waals surface area contributed by atoms with Crippen molar-refractivity contribution in [3.05, 3.63) is 57.6 Å². The standard InChI is InChI=1S/C19H19Cl2NO4/c1-12-3-4-13(2)17(9-12)25-8-7-19(24)26-11-18(23)22-16-6-5-14(20)10-15(16)21/h3-6,9-10H,7-8,11H2,1-2H3,(H,22,23). The molecule has 0 bridgehead atoms. The Labute approximate surface area is 162 Å². The molecule has 138 valence electrons. The van der Waals surface area contributed by atoms with Crippen molar-refractivity contribution >= 4 is 40.8 Å². The summed E-state index contributed by atoms with van der Waals surface area (Å²) in [6.07, 6.45) is 0.0440. The highest BCUT2D eigenvalue weighted by Gasteiger charge is 2.10. The van der Waals surface area contributed by atoms with E-state index in [1.807, 2.05) is 32.0 Å². The summed E-state index contributed by atoms with van der Waals surface area (Å²) in [5.74, 6) is -0.279. The van der Waals surface area contributed by atoms with E-state index in [9.17, 15) is 9.59 Å². The minimum absolute atomic E-state index is 0.0440. The van der Waals surface area contributed by atoms with Gasteiger partial charge >= 0.3 is 5.97 Å². The molecule has 0 saturated heterocycles. The first-order valence-corrected chi connectivity index (χ1v) is 8.71. The Morgan fingerprint density at radius 2 is 1.85 bits per heavy atom. The molecule has 0 radical (unpaired) electrons. The largest absolute Gasteiger partial charge is 0.493 e. The number of esters is 1. The van der Waals surface area contributed by atoms with Gasteiger partial charge < -0.3 is 14.8 Å². The van der Waals surface area contributed by atoms with Gasteiger partial charge in [-0.15, -0.1) is 0 Å². The molecule has 1 amide bonds. The normalized spacial score (nSPS) is 10.3. The van der Waals surface area contributed by atoms with Gasteiger partial charge in [-0.2, -0.15) is 0 Å². The predicted octanol–water partition coefficient (Wildman–Crippen LogP) is 4.56. The smallest absolute Gasteiger partial charge is 0.309 e. The van der Waals surface area contributed by atoms with E-state index in [0.29, 0.717) is 15.7 Å². The van der Waals surface area contributed by atoms with E-state index >= 15 is 0 Å². The zero-order valence-electron chi connectivity index (χ0n) is 14.5. The van der Waals surface area contributed by atoms with Crippen molar-refractivity contribution in [3.8, 4) is 5.75 Å². The molecule has 0 fully saturated rings. The molecule has 5 nitrogen and oxygen atoms in total. The van der Waals surface area contributed by atoms with Gasteiger partial charge in [0.25, 0.3) is 5.91 Å². The molecular weight excluding hydrogens is 377 g/mol. The van der Waals surface area contributed by atoms with Gasteiger partial charge in [-0.3, -0.25) is 9.59 Å². The van der Waals surface area contributed by atoms with Crippen molar-refractivity contribution in [1.29, 1.82) is 0 Å². The third kappa shape index (κ3) is 6.24. The van der Waals surface area contributed by atoms with Crippen LogP contribution in [0.15, 0.2) is 36.4 Å². The lowest BCUT2D eigenvalue weighted by Gasteiger charge is -2.10. The first-order valence-electron chi connectivity index (χ1n) is 7.95. The molecule has 26 heavy (non-hydrogen) atoms. The van der Waals surface area contributed by atoms with Crippen LogP contribution in [0.1, 0.15) is 17.5 Å². The molecular formula is C19H19Cl2NO4. The van der Waals surface area contributed by atoms with Crippen LogP contribution in [-0.4, -0.2) is 25.1 Å². The third-order valence-corrected chi connectivity index (χ3v) is 4.02. The molecule has 0 unspecified atom stereocenters. The van der Waals surface area contributed by atoms with Gasteiger partial charge in [0, 0.05) is 5.02 Å². The van der Waals surface area contributed by atoms with Gasteiger partial charge in [0.15, 0.2) is 6.61 Å². The summed E-state index contributed by atoms with van der Waals surface area (Å²) in [4.78, 5) is 23.5. The second-order valence-corrected chi connectivity index (χ2v) is 6.54. The second-order valence-electron chi connectivity index (χ2n) is 5.70. The van der Waals surface area contributed by atoms with Crippen LogP contribution in [0.25, 0.3) is 0 Å². The van der Waals surface area contributed by atoms with E-state index in [-0.39, 0.29) is 13.0 Å². The maximum absolute atomic E-state index is 11.8. The molecule has 0 spiro atoms. The Kier molecular flexibility index (Phi) is 7.30. The Balaban J connectivity index is 1.72. The number of nitrogens with one attached hydrogen (secondary N) is 1. The highest BCUT2D eigenvalue weighted by molar-refractivity contribution is 6.36. The van der Waals surface area contributed by atoms with Crippen molar-refractivity contribution < 1.29 is 19.1 Å². The van der Waals surface area contributed by atoms with Crippen molar-refractivity contribution in [1.82, 2.24) is 0 Å². The summed E-state index contributed by atoms with van der Waals surface area (Å²) < 4.78 is 10.5. The number of ether oxygens (including phenoxy) is 2. The summed E-state index contributed by atoms with van der Waals surface area (Å²) in [5.41, 5.74) is 2.46. The van der Waals surface area contributed by atoms with Crippen molar-refractivity contribution in [2.45, 2.75) is 20.3 Å². The molecule has 7 heteroatoms. The van der Waals surface area contributed by atoms with E-state index in [1.54, 1.807) is 12.1 Å². The quantitative estimate of drug-likeness (QED) is 0.697. The second kappa shape index (κ2) is 9.46. The summed E-state index contributed by atoms with van der Waals surface area (Å²) in [7, 11) is 0. The Morgan fingerprint density at radius 3 is 2.58 bits per heavy atom. The molecule has 0 aromatic heterocycles. The number of rotatable bonds is 7. The van der Waals surface area contributed by atoms with Crippen LogP contribution in [-0.2, 0) is 14.3 Å². The van der Waals surface area contributed by atoms with E-state index in [4.69, 9.17) is 32.7 Å². The van der Waals surface area contributed by atoms with E-state index in [2.05, 4.69) is 5.32 Å². The minimum atomic E-state index is -0.521. The van der Waals surface area contributed by atoms with Crippen LogP contribution in [0.3, 0.4) is 0 Å². The van der Waals surface area contributed by atoms with E-state index < -0.39 is 18.5 Å². The topological polar surface area (TPSA) is 64.6 Å². The van der Waals surface area contributed by atoms with Crippen LogP contribution < -0.4 is 10.1 Å². The molecule has 0 heterocycles. The number of benzene rings is 2. The average molecular weight is 396 g/mol. The Morgan fingerprint density at radius 1 is 1.08 bits per heavy atom. The van der Waals surface area contributed by atoms with Crippen LogP contribution >= 0.6 is 23.2 Å². The summed E-state index contributed by atoms with van der Waals surface area (Å²) in [6.45, 7) is 3.67. The van der Waals surface area contributed by atoms with Gasteiger partial charge in [0.2, 0.25) is 0 Å². The average Bonchev–Trinajstić information content (AvgIpc) is 2.58. The molecule has 0 aliphatic heterocycles. The van der Waals surface area contributed by atoms with Crippen LogP contribution in [0.5, 0.6) is 5.75 Å². The molecule has 2 rings (SSSR count). The zero-order valence-corrected chi connectivity index (χ0v) is 16.0. The lowest BCUT2D eigenvalue weighted by Crippen LogP contribution is -2.21. The number of anilines is 1. The van der Waals surface area contributed by atoms with Crippen molar-refractivity contribution in [3.63, 3.8) is 0 Å². The monoisotopic (exact) mass is 395 g/mol. The molecule has 0 saturated carbocycles. The number of aryl methyl sites for hydroxylation is 2. The maximum atomic E-state index is 11.8. The SMILES string of the molecule is Cc1ccc(C)c(OCCC(=O)OCC(=O)Nc2ccc(Cl)cc2Cl)c1. The number of halogens is 2. The maximum Gasteiger partial charge on any atom is 0.309 e.